The lowest BCUT2D eigenvalue weighted by molar-refractivity contribution is -0.144. The molecule has 1 fully saturated rings. The first-order chi connectivity index (χ1) is 8.13. The molecule has 1 aliphatic rings. The number of nitrogens with zero attached hydrogens (tertiary/aromatic N) is 1. The topological polar surface area (TPSA) is 69.6 Å². The van der Waals surface area contributed by atoms with Crippen molar-refractivity contribution in [3.05, 3.63) is 0 Å². The van der Waals surface area contributed by atoms with Crippen molar-refractivity contribution in [2.24, 2.45) is 5.92 Å². The maximum atomic E-state index is 12.0. The van der Waals surface area contributed by atoms with Gasteiger partial charge in [-0.3, -0.25) is 9.59 Å². The molecule has 5 heteroatoms. The predicted molar refractivity (Wildman–Crippen MR) is 64.7 cm³/mol. The maximum Gasteiger partial charge on any atom is 0.323 e. The van der Waals surface area contributed by atoms with Crippen LogP contribution in [0.3, 0.4) is 0 Å². The zero-order chi connectivity index (χ0) is 12.7. The van der Waals surface area contributed by atoms with E-state index in [-0.39, 0.29) is 12.5 Å². The highest BCUT2D eigenvalue weighted by atomic mass is 16.4. The number of hydrogen-bond acceptors (Lipinski definition) is 3. The molecule has 5 nitrogen and oxygen atoms in total. The average molecular weight is 242 g/mol. The third kappa shape index (κ3) is 5.17. The van der Waals surface area contributed by atoms with Crippen molar-refractivity contribution >= 4 is 11.9 Å². The molecule has 0 radical (unpaired) electrons. The van der Waals surface area contributed by atoms with Gasteiger partial charge in [0.25, 0.3) is 0 Å². The van der Waals surface area contributed by atoms with Gasteiger partial charge >= 0.3 is 5.97 Å². The molecule has 0 saturated carbocycles. The highest BCUT2D eigenvalue weighted by Gasteiger charge is 2.21. The fourth-order valence-electron chi connectivity index (χ4n) is 2.20. The van der Waals surface area contributed by atoms with Crippen LogP contribution in [-0.2, 0) is 9.59 Å². The summed E-state index contributed by atoms with van der Waals surface area (Å²) in [4.78, 5) is 24.1. The largest absolute Gasteiger partial charge is 0.480 e. The van der Waals surface area contributed by atoms with E-state index in [4.69, 9.17) is 5.11 Å². The van der Waals surface area contributed by atoms with Gasteiger partial charge in [-0.1, -0.05) is 6.92 Å². The van der Waals surface area contributed by atoms with Gasteiger partial charge in [-0.15, -0.1) is 0 Å². The standard InChI is InChI=1S/C12H22N2O3/c1-2-6-14(9-12(16)17)11(15)7-10-4-3-5-13-8-10/h10,13H,2-9H2,1H3,(H,16,17). The molecule has 1 amide bonds. The fraction of sp³-hybridized carbons (Fsp3) is 0.833. The Hall–Kier alpha value is -1.10. The number of hydrogen-bond donors (Lipinski definition) is 2. The number of carboxylic acids is 1. The Bertz CT molecular complexity index is 262. The van der Waals surface area contributed by atoms with E-state index in [1.165, 1.54) is 4.90 Å². The highest BCUT2D eigenvalue weighted by Crippen LogP contribution is 2.15. The summed E-state index contributed by atoms with van der Waals surface area (Å²) in [5, 5.41) is 12.0. The van der Waals surface area contributed by atoms with E-state index in [1.807, 2.05) is 6.92 Å². The van der Waals surface area contributed by atoms with Gasteiger partial charge in [0.15, 0.2) is 0 Å². The van der Waals surface area contributed by atoms with Gasteiger partial charge in [0.2, 0.25) is 5.91 Å². The number of aliphatic carboxylic acids is 1. The number of carbonyl (C=O) groups excluding carboxylic acids is 1. The minimum Gasteiger partial charge on any atom is -0.480 e. The van der Waals surface area contributed by atoms with Crippen LogP contribution in [-0.4, -0.2) is 48.1 Å². The molecule has 0 bridgehead atoms. The van der Waals surface area contributed by atoms with Crippen LogP contribution >= 0.6 is 0 Å². The summed E-state index contributed by atoms with van der Waals surface area (Å²) < 4.78 is 0. The van der Waals surface area contributed by atoms with Gasteiger partial charge in [0, 0.05) is 13.0 Å². The quantitative estimate of drug-likeness (QED) is 0.719. The lowest BCUT2D eigenvalue weighted by Gasteiger charge is -2.26. The lowest BCUT2D eigenvalue weighted by atomic mass is 9.95. The summed E-state index contributed by atoms with van der Waals surface area (Å²) in [7, 11) is 0. The van der Waals surface area contributed by atoms with Gasteiger partial charge < -0.3 is 15.3 Å². The minimum absolute atomic E-state index is 0.0250. The van der Waals surface area contributed by atoms with E-state index in [2.05, 4.69) is 5.32 Å². The van der Waals surface area contributed by atoms with Gasteiger partial charge in [-0.05, 0) is 38.3 Å². The normalized spacial score (nSPS) is 19.9. The molecule has 0 spiro atoms. The molecule has 0 aliphatic carbocycles. The number of rotatable bonds is 6. The Labute approximate surface area is 102 Å². The van der Waals surface area contributed by atoms with Gasteiger partial charge in [0.05, 0.1) is 0 Å². The van der Waals surface area contributed by atoms with Crippen molar-refractivity contribution in [2.45, 2.75) is 32.6 Å². The average Bonchev–Trinajstić information content (AvgIpc) is 2.29. The van der Waals surface area contributed by atoms with E-state index >= 15 is 0 Å². The Morgan fingerprint density at radius 1 is 1.47 bits per heavy atom. The molecule has 1 heterocycles. The molecule has 0 aromatic heterocycles. The van der Waals surface area contributed by atoms with Crippen molar-refractivity contribution in [2.75, 3.05) is 26.2 Å². The number of carboxylic acid groups (broad SMARTS) is 1. The lowest BCUT2D eigenvalue weighted by Crippen LogP contribution is -2.39. The number of carbonyl (C=O) groups is 2. The summed E-state index contributed by atoms with van der Waals surface area (Å²) in [5.74, 6) is -0.596. The molecule has 1 saturated heterocycles. The Morgan fingerprint density at radius 2 is 2.24 bits per heavy atom. The van der Waals surface area contributed by atoms with Crippen LogP contribution in [0, 0.1) is 5.92 Å². The number of nitrogens with one attached hydrogen (secondary N) is 1. The molecule has 0 aromatic carbocycles. The maximum absolute atomic E-state index is 12.0. The second-order valence-corrected chi connectivity index (χ2v) is 4.63. The minimum atomic E-state index is -0.937. The zero-order valence-electron chi connectivity index (χ0n) is 10.4. The summed E-state index contributed by atoms with van der Waals surface area (Å²) in [6, 6.07) is 0. The van der Waals surface area contributed by atoms with Gasteiger partial charge in [-0.25, -0.2) is 0 Å². The van der Waals surface area contributed by atoms with Crippen molar-refractivity contribution in [1.29, 1.82) is 0 Å². The summed E-state index contributed by atoms with van der Waals surface area (Å²) in [6.45, 7) is 4.21. The van der Waals surface area contributed by atoms with Crippen molar-refractivity contribution < 1.29 is 14.7 Å². The van der Waals surface area contributed by atoms with Crippen LogP contribution in [0.5, 0.6) is 0 Å². The Kier molecular flexibility index (Phi) is 5.97. The van der Waals surface area contributed by atoms with E-state index in [9.17, 15) is 9.59 Å². The molecule has 1 aliphatic heterocycles. The SMILES string of the molecule is CCCN(CC(=O)O)C(=O)CC1CCCNC1. The first kappa shape index (κ1) is 14.0. The fourth-order valence-corrected chi connectivity index (χ4v) is 2.20. The summed E-state index contributed by atoms with van der Waals surface area (Å²) in [5.41, 5.74) is 0. The molecular formula is C12H22N2O3. The van der Waals surface area contributed by atoms with Crippen molar-refractivity contribution in [1.82, 2.24) is 10.2 Å². The van der Waals surface area contributed by atoms with Crippen LogP contribution < -0.4 is 5.32 Å². The third-order valence-electron chi connectivity index (χ3n) is 3.03. The summed E-state index contributed by atoms with van der Waals surface area (Å²) >= 11 is 0. The zero-order valence-corrected chi connectivity index (χ0v) is 10.4. The molecule has 1 unspecified atom stereocenters. The van der Waals surface area contributed by atoms with E-state index in [1.54, 1.807) is 0 Å². The van der Waals surface area contributed by atoms with Crippen LogP contribution in [0.4, 0.5) is 0 Å². The highest BCUT2D eigenvalue weighted by molar-refractivity contribution is 5.81. The number of piperidine rings is 1. The Morgan fingerprint density at radius 3 is 2.76 bits per heavy atom. The predicted octanol–water partition coefficient (Wildman–Crippen LogP) is 0.699. The van der Waals surface area contributed by atoms with Crippen LogP contribution in [0.2, 0.25) is 0 Å². The van der Waals surface area contributed by atoms with Crippen LogP contribution in [0.25, 0.3) is 0 Å². The van der Waals surface area contributed by atoms with E-state index < -0.39 is 5.97 Å². The third-order valence-corrected chi connectivity index (χ3v) is 3.03. The molecular weight excluding hydrogens is 220 g/mol. The molecule has 2 N–H and O–H groups in total. The smallest absolute Gasteiger partial charge is 0.323 e. The second kappa shape index (κ2) is 7.27. The van der Waals surface area contributed by atoms with E-state index in [0.29, 0.717) is 18.9 Å². The molecule has 98 valence electrons. The monoisotopic (exact) mass is 242 g/mol. The number of amides is 1. The molecule has 17 heavy (non-hydrogen) atoms. The van der Waals surface area contributed by atoms with Crippen molar-refractivity contribution in [3.8, 4) is 0 Å². The second-order valence-electron chi connectivity index (χ2n) is 4.63. The first-order valence-corrected chi connectivity index (χ1v) is 6.33. The molecule has 1 atom stereocenters. The molecule has 0 aromatic rings. The summed E-state index contributed by atoms with van der Waals surface area (Å²) in [6.07, 6.45) is 3.43. The Balaban J connectivity index is 2.42. The van der Waals surface area contributed by atoms with Crippen molar-refractivity contribution in [3.63, 3.8) is 0 Å². The van der Waals surface area contributed by atoms with Gasteiger partial charge in [-0.2, -0.15) is 0 Å². The van der Waals surface area contributed by atoms with Crippen LogP contribution in [0.1, 0.15) is 32.6 Å². The first-order valence-electron chi connectivity index (χ1n) is 6.33. The molecule has 1 rings (SSSR count). The van der Waals surface area contributed by atoms with Gasteiger partial charge in [0.1, 0.15) is 6.54 Å². The van der Waals surface area contributed by atoms with E-state index in [0.717, 1.165) is 32.4 Å². The van der Waals surface area contributed by atoms with Crippen LogP contribution in [0.15, 0.2) is 0 Å².